The topological polar surface area (TPSA) is 65.7 Å². The van der Waals surface area contributed by atoms with Gasteiger partial charge >= 0.3 is 0 Å². The highest BCUT2D eigenvalue weighted by Gasteiger charge is 2.12. The van der Waals surface area contributed by atoms with Crippen LogP contribution in [0.15, 0.2) is 12.1 Å². The Hall–Kier alpha value is -1.46. The average Bonchev–Trinajstić information content (AvgIpc) is 2.45. The van der Waals surface area contributed by atoms with Crippen molar-refractivity contribution in [2.24, 2.45) is 5.73 Å². The Kier molecular flexibility index (Phi) is 7.07. The number of nitrogens with one attached hydrogen (secondary N) is 1. The molecule has 0 aliphatic rings. The molecular formula is C14H24N2O3. The van der Waals surface area contributed by atoms with E-state index >= 15 is 0 Å². The molecule has 0 unspecified atom stereocenters. The Morgan fingerprint density at radius 1 is 1.00 bits per heavy atom. The Bertz CT molecular complexity index is 358. The fraction of sp³-hybridized carbons (Fsp3) is 0.571. The molecule has 0 atom stereocenters. The number of hydrogen-bond acceptors (Lipinski definition) is 5. The van der Waals surface area contributed by atoms with Crippen LogP contribution in [0.2, 0.25) is 0 Å². The first-order valence-electron chi connectivity index (χ1n) is 6.46. The van der Waals surface area contributed by atoms with Crippen molar-refractivity contribution in [2.75, 3.05) is 41.0 Å². The Morgan fingerprint density at radius 3 is 2.11 bits per heavy atom. The first kappa shape index (κ1) is 15.6. The van der Waals surface area contributed by atoms with Gasteiger partial charge in [0.2, 0.25) is 5.75 Å². The van der Waals surface area contributed by atoms with Crippen molar-refractivity contribution in [3.05, 3.63) is 17.7 Å². The predicted molar refractivity (Wildman–Crippen MR) is 76.3 cm³/mol. The number of ether oxygens (including phenoxy) is 3. The van der Waals surface area contributed by atoms with E-state index < -0.39 is 0 Å². The predicted octanol–water partition coefficient (Wildman–Crippen LogP) is 1.19. The molecule has 0 spiro atoms. The molecule has 0 bridgehead atoms. The third-order valence-corrected chi connectivity index (χ3v) is 2.87. The lowest BCUT2D eigenvalue weighted by molar-refractivity contribution is 0.323. The van der Waals surface area contributed by atoms with E-state index in [2.05, 4.69) is 5.32 Å². The molecule has 0 aliphatic heterocycles. The van der Waals surface area contributed by atoms with Crippen LogP contribution in [0.5, 0.6) is 17.2 Å². The van der Waals surface area contributed by atoms with Gasteiger partial charge in [0.05, 0.1) is 21.3 Å². The summed E-state index contributed by atoms with van der Waals surface area (Å²) in [6, 6.07) is 3.96. The van der Waals surface area contributed by atoms with E-state index in [4.69, 9.17) is 19.9 Å². The zero-order valence-electron chi connectivity index (χ0n) is 12.0. The first-order chi connectivity index (χ1) is 9.26. The Labute approximate surface area is 115 Å². The van der Waals surface area contributed by atoms with E-state index in [1.54, 1.807) is 21.3 Å². The fourth-order valence-corrected chi connectivity index (χ4v) is 1.86. The first-order valence-corrected chi connectivity index (χ1v) is 6.46. The van der Waals surface area contributed by atoms with Gasteiger partial charge in [-0.3, -0.25) is 0 Å². The summed E-state index contributed by atoms with van der Waals surface area (Å²) in [4.78, 5) is 0. The van der Waals surface area contributed by atoms with E-state index in [9.17, 15) is 0 Å². The monoisotopic (exact) mass is 268 g/mol. The maximum atomic E-state index is 5.44. The van der Waals surface area contributed by atoms with Crippen LogP contribution in [0.3, 0.4) is 0 Å². The number of hydrogen-bond donors (Lipinski definition) is 2. The highest BCUT2D eigenvalue weighted by Crippen LogP contribution is 2.38. The minimum Gasteiger partial charge on any atom is -0.493 e. The standard InChI is InChI=1S/C14H24N2O3/c1-17-12-9-11(5-8-16-7-4-6-15)10-13(18-2)14(12)19-3/h9-10,16H,4-8,15H2,1-3H3. The van der Waals surface area contributed by atoms with E-state index in [-0.39, 0.29) is 0 Å². The van der Waals surface area contributed by atoms with Gasteiger partial charge in [-0.2, -0.15) is 0 Å². The fourth-order valence-electron chi connectivity index (χ4n) is 1.86. The molecule has 1 rings (SSSR count). The normalized spacial score (nSPS) is 10.3. The third kappa shape index (κ3) is 4.61. The van der Waals surface area contributed by atoms with Crippen molar-refractivity contribution in [2.45, 2.75) is 12.8 Å². The van der Waals surface area contributed by atoms with Crippen molar-refractivity contribution in [3.8, 4) is 17.2 Å². The van der Waals surface area contributed by atoms with Crippen LogP contribution in [-0.2, 0) is 6.42 Å². The average molecular weight is 268 g/mol. The second-order valence-corrected chi connectivity index (χ2v) is 4.18. The molecule has 0 aromatic heterocycles. The van der Waals surface area contributed by atoms with Crippen LogP contribution in [0, 0.1) is 0 Å². The molecule has 5 nitrogen and oxygen atoms in total. The lowest BCUT2D eigenvalue weighted by atomic mass is 10.1. The van der Waals surface area contributed by atoms with Gasteiger partial charge in [0.1, 0.15) is 0 Å². The van der Waals surface area contributed by atoms with E-state index in [1.807, 2.05) is 12.1 Å². The van der Waals surface area contributed by atoms with Crippen molar-refractivity contribution >= 4 is 0 Å². The molecule has 0 radical (unpaired) electrons. The van der Waals surface area contributed by atoms with Gasteiger partial charge in [0, 0.05) is 0 Å². The molecule has 0 saturated carbocycles. The number of nitrogens with two attached hydrogens (primary N) is 1. The largest absolute Gasteiger partial charge is 0.493 e. The Morgan fingerprint density at radius 2 is 1.63 bits per heavy atom. The number of methoxy groups -OCH3 is 3. The van der Waals surface area contributed by atoms with Gasteiger partial charge in [-0.05, 0) is 50.2 Å². The van der Waals surface area contributed by atoms with Crippen LogP contribution in [0.25, 0.3) is 0 Å². The molecule has 1 aromatic rings. The molecule has 0 amide bonds. The molecule has 0 aliphatic carbocycles. The lowest BCUT2D eigenvalue weighted by Crippen LogP contribution is -2.20. The molecular weight excluding hydrogens is 244 g/mol. The summed E-state index contributed by atoms with van der Waals surface area (Å²) in [6.45, 7) is 2.57. The van der Waals surface area contributed by atoms with Gasteiger partial charge in [-0.25, -0.2) is 0 Å². The SMILES string of the molecule is COc1cc(CCNCCCN)cc(OC)c1OC. The minimum absolute atomic E-state index is 0.629. The summed E-state index contributed by atoms with van der Waals surface area (Å²) in [6.07, 6.45) is 1.90. The van der Waals surface area contributed by atoms with Crippen molar-refractivity contribution in [1.29, 1.82) is 0 Å². The summed E-state index contributed by atoms with van der Waals surface area (Å²) in [5, 5.41) is 3.35. The Balaban J connectivity index is 2.68. The molecule has 19 heavy (non-hydrogen) atoms. The lowest BCUT2D eigenvalue weighted by Gasteiger charge is -2.14. The van der Waals surface area contributed by atoms with Crippen LogP contribution in [0.1, 0.15) is 12.0 Å². The van der Waals surface area contributed by atoms with Crippen molar-refractivity contribution < 1.29 is 14.2 Å². The van der Waals surface area contributed by atoms with E-state index in [1.165, 1.54) is 0 Å². The molecule has 108 valence electrons. The highest BCUT2D eigenvalue weighted by atomic mass is 16.5. The summed E-state index contributed by atoms with van der Waals surface area (Å²) < 4.78 is 15.9. The zero-order chi connectivity index (χ0) is 14.1. The van der Waals surface area contributed by atoms with Crippen LogP contribution in [-0.4, -0.2) is 41.0 Å². The van der Waals surface area contributed by atoms with Gasteiger partial charge < -0.3 is 25.3 Å². The molecule has 5 heteroatoms. The molecule has 0 fully saturated rings. The van der Waals surface area contributed by atoms with E-state index in [0.29, 0.717) is 17.2 Å². The minimum atomic E-state index is 0.629. The summed E-state index contributed by atoms with van der Waals surface area (Å²) in [5.41, 5.74) is 6.59. The maximum absolute atomic E-state index is 5.44. The third-order valence-electron chi connectivity index (χ3n) is 2.87. The van der Waals surface area contributed by atoms with Crippen LogP contribution < -0.4 is 25.3 Å². The summed E-state index contributed by atoms with van der Waals surface area (Å²) in [5.74, 6) is 2.02. The molecule has 3 N–H and O–H groups in total. The van der Waals surface area contributed by atoms with Crippen LogP contribution in [0.4, 0.5) is 0 Å². The van der Waals surface area contributed by atoms with Gasteiger partial charge in [-0.15, -0.1) is 0 Å². The summed E-state index contributed by atoms with van der Waals surface area (Å²) in [7, 11) is 4.86. The second kappa shape index (κ2) is 8.61. The smallest absolute Gasteiger partial charge is 0.203 e. The highest BCUT2D eigenvalue weighted by molar-refractivity contribution is 5.53. The van der Waals surface area contributed by atoms with Gasteiger partial charge in [-0.1, -0.05) is 0 Å². The quantitative estimate of drug-likeness (QED) is 0.659. The number of benzene rings is 1. The van der Waals surface area contributed by atoms with Crippen molar-refractivity contribution in [1.82, 2.24) is 5.32 Å². The van der Waals surface area contributed by atoms with Gasteiger partial charge in [0.25, 0.3) is 0 Å². The van der Waals surface area contributed by atoms with E-state index in [0.717, 1.165) is 38.0 Å². The van der Waals surface area contributed by atoms with Gasteiger partial charge in [0.15, 0.2) is 11.5 Å². The summed E-state index contributed by atoms with van der Waals surface area (Å²) >= 11 is 0. The molecule has 0 heterocycles. The molecule has 1 aromatic carbocycles. The second-order valence-electron chi connectivity index (χ2n) is 4.18. The number of rotatable bonds is 9. The maximum Gasteiger partial charge on any atom is 0.203 e. The zero-order valence-corrected chi connectivity index (χ0v) is 12.0. The van der Waals surface area contributed by atoms with Crippen LogP contribution >= 0.6 is 0 Å². The van der Waals surface area contributed by atoms with Crippen molar-refractivity contribution in [3.63, 3.8) is 0 Å². The molecule has 0 saturated heterocycles.